The van der Waals surface area contributed by atoms with Crippen LogP contribution in [-0.2, 0) is 16.4 Å². The highest BCUT2D eigenvalue weighted by molar-refractivity contribution is 8.00. The fraction of sp³-hybridized carbons (Fsp3) is 0.500. The van der Waals surface area contributed by atoms with Crippen molar-refractivity contribution in [3.05, 3.63) is 17.3 Å². The minimum Gasteiger partial charge on any atom is -0.383 e. The van der Waals surface area contributed by atoms with Crippen LogP contribution in [0.3, 0.4) is 0 Å². The van der Waals surface area contributed by atoms with Crippen molar-refractivity contribution in [3.8, 4) is 0 Å². The average molecular weight is 344 g/mol. The highest BCUT2D eigenvalue weighted by Gasteiger charge is 2.31. The molecule has 2 N–H and O–H groups in total. The van der Waals surface area contributed by atoms with E-state index in [1.165, 1.54) is 17.6 Å². The predicted octanol–water partition coefficient (Wildman–Crippen LogP) is 1.19. The summed E-state index contributed by atoms with van der Waals surface area (Å²) in [5, 5.41) is 2.31. The third-order valence-electron chi connectivity index (χ3n) is 3.43. The molecule has 0 aromatic carbocycles. The maximum absolute atomic E-state index is 11.9. The number of hydrogen-bond acceptors (Lipinski definition) is 8. The number of nitrogen functional groups attached to an aromatic ring is 1. The molecule has 0 spiro atoms. The third kappa shape index (κ3) is 3.15. The van der Waals surface area contributed by atoms with Gasteiger partial charge in [-0.3, -0.25) is 4.90 Å². The van der Waals surface area contributed by atoms with Crippen molar-refractivity contribution in [1.29, 1.82) is 0 Å². The summed E-state index contributed by atoms with van der Waals surface area (Å²) in [6.07, 6.45) is 1.29. The number of fused-ring (bicyclic) bond motifs is 1. The molecule has 2 aromatic heterocycles. The number of rotatable bonds is 3. The molecule has 0 aliphatic carbocycles. The number of anilines is 1. The smallest absolute Gasteiger partial charge is 0.164 e. The minimum atomic E-state index is -3.12. The van der Waals surface area contributed by atoms with Crippen molar-refractivity contribution in [2.24, 2.45) is 0 Å². The van der Waals surface area contributed by atoms with Crippen LogP contribution in [0.5, 0.6) is 0 Å². The molecule has 0 saturated carbocycles. The molecule has 21 heavy (non-hydrogen) atoms. The van der Waals surface area contributed by atoms with E-state index in [1.54, 1.807) is 11.8 Å². The number of thiophene rings is 1. The van der Waals surface area contributed by atoms with Gasteiger partial charge in [0.15, 0.2) is 9.84 Å². The number of nitrogens with zero attached hydrogens (tertiary/aromatic N) is 3. The summed E-state index contributed by atoms with van der Waals surface area (Å²) >= 11 is 3.18. The lowest BCUT2D eigenvalue weighted by molar-refractivity contribution is 0.256. The highest BCUT2D eigenvalue weighted by atomic mass is 32.2. The van der Waals surface area contributed by atoms with Crippen LogP contribution in [0.1, 0.15) is 5.82 Å². The quantitative estimate of drug-likeness (QED) is 0.894. The molecule has 1 saturated heterocycles. The Morgan fingerprint density at radius 1 is 1.48 bits per heavy atom. The second-order valence-corrected chi connectivity index (χ2v) is 9.24. The van der Waals surface area contributed by atoms with Gasteiger partial charge in [-0.1, -0.05) is 0 Å². The van der Waals surface area contributed by atoms with E-state index in [-0.39, 0.29) is 0 Å². The lowest BCUT2D eigenvalue weighted by Crippen LogP contribution is -2.46. The van der Waals surface area contributed by atoms with Gasteiger partial charge in [-0.15, -0.1) is 11.3 Å². The fourth-order valence-electron chi connectivity index (χ4n) is 2.37. The van der Waals surface area contributed by atoms with E-state index >= 15 is 0 Å². The molecule has 0 bridgehead atoms. The molecular formula is C12H16N4O2S3. The van der Waals surface area contributed by atoms with E-state index in [9.17, 15) is 8.42 Å². The summed E-state index contributed by atoms with van der Waals surface area (Å²) < 4.78 is 23.8. The van der Waals surface area contributed by atoms with Crippen LogP contribution in [0, 0.1) is 0 Å². The van der Waals surface area contributed by atoms with Crippen molar-refractivity contribution in [3.63, 3.8) is 0 Å². The summed E-state index contributed by atoms with van der Waals surface area (Å²) in [7, 11) is -3.12. The summed E-state index contributed by atoms with van der Waals surface area (Å²) in [4.78, 5) is 11.6. The molecule has 1 atom stereocenters. The number of hydrogen-bond donors (Lipinski definition) is 1. The van der Waals surface area contributed by atoms with Gasteiger partial charge in [0.25, 0.3) is 0 Å². The van der Waals surface area contributed by atoms with Crippen LogP contribution in [0.2, 0.25) is 0 Å². The lowest BCUT2D eigenvalue weighted by Gasteiger charge is -2.33. The van der Waals surface area contributed by atoms with E-state index in [2.05, 4.69) is 9.97 Å². The molecule has 3 heterocycles. The largest absolute Gasteiger partial charge is 0.383 e. The standard InChI is InChI=1S/C12H16N4O2S3/c1-21(17,18)10-7-19-5-3-16(10)6-9-14-11(13)8-2-4-20-12(8)15-9/h2,4,10H,3,5-7H2,1H3,(H2,13,14,15). The van der Waals surface area contributed by atoms with Crippen molar-refractivity contribution in [1.82, 2.24) is 14.9 Å². The van der Waals surface area contributed by atoms with Gasteiger partial charge in [0, 0.05) is 24.3 Å². The molecule has 1 unspecified atom stereocenters. The van der Waals surface area contributed by atoms with Crippen LogP contribution in [0.15, 0.2) is 11.4 Å². The third-order valence-corrected chi connectivity index (χ3v) is 6.92. The van der Waals surface area contributed by atoms with E-state index in [0.29, 0.717) is 30.5 Å². The first kappa shape index (κ1) is 15.0. The van der Waals surface area contributed by atoms with Gasteiger partial charge in [0.05, 0.1) is 11.9 Å². The summed E-state index contributed by atoms with van der Waals surface area (Å²) in [5.41, 5.74) is 5.94. The van der Waals surface area contributed by atoms with Crippen LogP contribution in [0.25, 0.3) is 10.2 Å². The predicted molar refractivity (Wildman–Crippen MR) is 88.2 cm³/mol. The van der Waals surface area contributed by atoms with E-state index in [1.807, 2.05) is 16.3 Å². The van der Waals surface area contributed by atoms with Gasteiger partial charge < -0.3 is 5.73 Å². The monoisotopic (exact) mass is 344 g/mol. The Bertz CT molecular complexity index is 759. The van der Waals surface area contributed by atoms with Crippen LogP contribution in [0.4, 0.5) is 5.82 Å². The lowest BCUT2D eigenvalue weighted by atomic mass is 10.3. The second kappa shape index (κ2) is 5.71. The number of thioether (sulfide) groups is 1. The van der Waals surface area contributed by atoms with Gasteiger partial charge in [-0.2, -0.15) is 11.8 Å². The Balaban J connectivity index is 1.89. The van der Waals surface area contributed by atoms with Crippen molar-refractivity contribution < 1.29 is 8.42 Å². The van der Waals surface area contributed by atoms with Gasteiger partial charge in [-0.25, -0.2) is 18.4 Å². The van der Waals surface area contributed by atoms with Crippen LogP contribution < -0.4 is 5.73 Å². The Morgan fingerprint density at radius 2 is 2.29 bits per heavy atom. The van der Waals surface area contributed by atoms with E-state index < -0.39 is 15.2 Å². The molecular weight excluding hydrogens is 328 g/mol. The van der Waals surface area contributed by atoms with Gasteiger partial charge in [0.1, 0.15) is 21.8 Å². The first-order chi connectivity index (χ1) is 9.95. The highest BCUT2D eigenvalue weighted by Crippen LogP contribution is 2.25. The molecule has 1 aliphatic rings. The Labute approximate surface area is 131 Å². The Kier molecular flexibility index (Phi) is 4.08. The number of sulfone groups is 1. The summed E-state index contributed by atoms with van der Waals surface area (Å²) in [6, 6.07) is 1.90. The Hall–Kier alpha value is -0.900. The van der Waals surface area contributed by atoms with Crippen molar-refractivity contribution in [2.45, 2.75) is 11.9 Å². The van der Waals surface area contributed by atoms with Crippen molar-refractivity contribution >= 4 is 49.0 Å². The molecule has 2 aromatic rings. The normalized spacial score (nSPS) is 20.9. The van der Waals surface area contributed by atoms with Crippen LogP contribution in [-0.4, -0.2) is 53.0 Å². The second-order valence-electron chi connectivity index (χ2n) is 4.99. The first-order valence-corrected chi connectivity index (χ1v) is 10.4. The zero-order valence-electron chi connectivity index (χ0n) is 11.5. The van der Waals surface area contributed by atoms with Gasteiger partial charge >= 0.3 is 0 Å². The van der Waals surface area contributed by atoms with Crippen molar-refractivity contribution in [2.75, 3.05) is 30.0 Å². The topological polar surface area (TPSA) is 89.2 Å². The minimum absolute atomic E-state index is 0.413. The molecule has 0 radical (unpaired) electrons. The van der Waals surface area contributed by atoms with E-state index in [0.717, 1.165) is 16.0 Å². The first-order valence-electron chi connectivity index (χ1n) is 6.45. The molecule has 114 valence electrons. The maximum Gasteiger partial charge on any atom is 0.164 e. The molecule has 0 amide bonds. The molecule has 6 nitrogen and oxygen atoms in total. The van der Waals surface area contributed by atoms with Crippen LogP contribution >= 0.6 is 23.1 Å². The molecule has 1 aliphatic heterocycles. The molecule has 1 fully saturated rings. The number of nitrogens with two attached hydrogens (primary N) is 1. The fourth-order valence-corrected chi connectivity index (χ4v) is 6.10. The molecule has 9 heteroatoms. The average Bonchev–Trinajstić information content (AvgIpc) is 2.87. The maximum atomic E-state index is 11.9. The Morgan fingerprint density at radius 3 is 3.05 bits per heavy atom. The SMILES string of the molecule is CS(=O)(=O)C1CSCCN1Cc1nc(N)c2ccsc2n1. The van der Waals surface area contributed by atoms with Gasteiger partial charge in [0.2, 0.25) is 0 Å². The number of aromatic nitrogens is 2. The molecule has 3 rings (SSSR count). The summed E-state index contributed by atoms with van der Waals surface area (Å²) in [5.74, 6) is 2.56. The van der Waals surface area contributed by atoms with Gasteiger partial charge in [-0.05, 0) is 11.4 Å². The zero-order valence-corrected chi connectivity index (χ0v) is 14.0. The summed E-state index contributed by atoms with van der Waals surface area (Å²) in [6.45, 7) is 1.13. The van der Waals surface area contributed by atoms with E-state index in [4.69, 9.17) is 5.73 Å². The zero-order chi connectivity index (χ0) is 15.0.